The van der Waals surface area contributed by atoms with Gasteiger partial charge in [0.15, 0.2) is 6.61 Å². The number of carbonyl (C=O) groups is 2. The molecule has 24 heavy (non-hydrogen) atoms. The van der Waals surface area contributed by atoms with E-state index in [1.54, 1.807) is 6.92 Å². The Bertz CT molecular complexity index is 673. The highest BCUT2D eigenvalue weighted by molar-refractivity contribution is 5.87. The highest BCUT2D eigenvalue weighted by Gasteiger charge is 2.15. The fourth-order valence-corrected chi connectivity index (χ4v) is 1.87. The third-order valence-electron chi connectivity index (χ3n) is 3.01. The number of para-hydroxylation sites is 1. The van der Waals surface area contributed by atoms with E-state index in [9.17, 15) is 9.59 Å². The third-order valence-corrected chi connectivity index (χ3v) is 3.01. The molecule has 0 saturated carbocycles. The average Bonchev–Trinajstić information content (AvgIpc) is 3.01. The molecule has 1 heterocycles. The zero-order chi connectivity index (χ0) is 17.4. The molecule has 0 saturated heterocycles. The van der Waals surface area contributed by atoms with Crippen LogP contribution in [0.4, 0.5) is 0 Å². The van der Waals surface area contributed by atoms with E-state index in [0.29, 0.717) is 18.1 Å². The Hall–Kier alpha value is -2.97. The lowest BCUT2D eigenvalue weighted by Gasteiger charge is -2.12. The van der Waals surface area contributed by atoms with E-state index in [4.69, 9.17) is 4.74 Å². The number of benzene rings is 1. The van der Waals surface area contributed by atoms with Crippen molar-refractivity contribution in [2.24, 2.45) is 0 Å². The summed E-state index contributed by atoms with van der Waals surface area (Å²) in [5.74, 6) is 0.446. The number of hydrogen-bond donors (Lipinski definition) is 2. The van der Waals surface area contributed by atoms with Crippen LogP contribution in [0.25, 0.3) is 0 Å². The van der Waals surface area contributed by atoms with Crippen molar-refractivity contribution in [2.75, 3.05) is 6.54 Å². The SMILES string of the molecule is CCNC(=O)[C@H](C)NC(=O)Cn1nnc(COc2ccccc2)n1. The van der Waals surface area contributed by atoms with Crippen molar-refractivity contribution in [1.82, 2.24) is 30.8 Å². The van der Waals surface area contributed by atoms with Gasteiger partial charge in [0.2, 0.25) is 17.6 Å². The first kappa shape index (κ1) is 17.4. The Labute approximate surface area is 139 Å². The minimum Gasteiger partial charge on any atom is -0.485 e. The van der Waals surface area contributed by atoms with Gasteiger partial charge in [-0.05, 0) is 31.2 Å². The molecule has 2 amide bonds. The Kier molecular flexibility index (Phi) is 6.23. The van der Waals surface area contributed by atoms with Gasteiger partial charge in [-0.2, -0.15) is 4.80 Å². The molecule has 2 rings (SSSR count). The van der Waals surface area contributed by atoms with Crippen LogP contribution < -0.4 is 15.4 Å². The molecule has 1 atom stereocenters. The maximum atomic E-state index is 11.9. The third kappa shape index (κ3) is 5.34. The molecule has 1 aromatic carbocycles. The topological polar surface area (TPSA) is 111 Å². The van der Waals surface area contributed by atoms with Gasteiger partial charge in [0.05, 0.1) is 0 Å². The van der Waals surface area contributed by atoms with Crippen molar-refractivity contribution in [3.8, 4) is 5.75 Å². The van der Waals surface area contributed by atoms with E-state index in [1.807, 2.05) is 37.3 Å². The molecule has 0 aliphatic heterocycles. The fourth-order valence-electron chi connectivity index (χ4n) is 1.87. The van der Waals surface area contributed by atoms with Gasteiger partial charge in [0.1, 0.15) is 18.3 Å². The minimum absolute atomic E-state index is 0.123. The Balaban J connectivity index is 1.80. The van der Waals surface area contributed by atoms with Crippen molar-refractivity contribution < 1.29 is 14.3 Å². The van der Waals surface area contributed by atoms with Crippen LogP contribution in [0.3, 0.4) is 0 Å². The lowest BCUT2D eigenvalue weighted by Crippen LogP contribution is -2.45. The summed E-state index contributed by atoms with van der Waals surface area (Å²) >= 11 is 0. The number of rotatable bonds is 8. The second-order valence-electron chi connectivity index (χ2n) is 5.02. The number of likely N-dealkylation sites (N-methyl/N-ethyl adjacent to an activating group) is 1. The van der Waals surface area contributed by atoms with E-state index in [0.717, 1.165) is 4.80 Å². The summed E-state index contributed by atoms with van der Waals surface area (Å²) in [5.41, 5.74) is 0. The summed E-state index contributed by atoms with van der Waals surface area (Å²) in [6.07, 6.45) is 0. The highest BCUT2D eigenvalue weighted by atomic mass is 16.5. The quantitative estimate of drug-likeness (QED) is 0.698. The molecule has 9 heteroatoms. The average molecular weight is 332 g/mol. The van der Waals surface area contributed by atoms with E-state index in [-0.39, 0.29) is 25.0 Å². The standard InChI is InChI=1S/C15H20N6O3/c1-3-16-15(23)11(2)17-14(22)9-21-19-13(18-20-21)10-24-12-7-5-4-6-8-12/h4-8,11H,3,9-10H2,1-2H3,(H,16,23)(H,17,22)/t11-/m0/s1. The lowest BCUT2D eigenvalue weighted by atomic mass is 10.3. The molecule has 0 bridgehead atoms. The molecule has 0 aliphatic rings. The molecule has 0 unspecified atom stereocenters. The molecule has 2 N–H and O–H groups in total. The van der Waals surface area contributed by atoms with Gasteiger partial charge < -0.3 is 15.4 Å². The van der Waals surface area contributed by atoms with Gasteiger partial charge in [-0.25, -0.2) is 0 Å². The molecule has 128 valence electrons. The number of nitrogens with zero attached hydrogens (tertiary/aromatic N) is 4. The van der Waals surface area contributed by atoms with Crippen LogP contribution in [-0.2, 0) is 22.7 Å². The number of aromatic nitrogens is 4. The van der Waals surface area contributed by atoms with E-state index < -0.39 is 6.04 Å². The van der Waals surface area contributed by atoms with Gasteiger partial charge in [-0.1, -0.05) is 18.2 Å². The van der Waals surface area contributed by atoms with Crippen molar-refractivity contribution in [1.29, 1.82) is 0 Å². The monoisotopic (exact) mass is 332 g/mol. The fraction of sp³-hybridized carbons (Fsp3) is 0.400. The van der Waals surface area contributed by atoms with Crippen molar-refractivity contribution in [2.45, 2.75) is 33.0 Å². The largest absolute Gasteiger partial charge is 0.485 e. The highest BCUT2D eigenvalue weighted by Crippen LogP contribution is 2.09. The number of amides is 2. The summed E-state index contributed by atoms with van der Waals surface area (Å²) in [6.45, 7) is 3.96. The predicted molar refractivity (Wildman–Crippen MR) is 84.9 cm³/mol. The molecular formula is C15H20N6O3. The normalized spacial score (nSPS) is 11.6. The van der Waals surface area contributed by atoms with Gasteiger partial charge in [0, 0.05) is 6.54 Å². The smallest absolute Gasteiger partial charge is 0.244 e. The van der Waals surface area contributed by atoms with Crippen LogP contribution in [0.5, 0.6) is 5.75 Å². The van der Waals surface area contributed by atoms with Crippen LogP contribution in [0.2, 0.25) is 0 Å². The molecular weight excluding hydrogens is 312 g/mol. The molecule has 0 spiro atoms. The number of tetrazole rings is 1. The van der Waals surface area contributed by atoms with E-state index in [1.165, 1.54) is 0 Å². The van der Waals surface area contributed by atoms with Crippen molar-refractivity contribution in [3.63, 3.8) is 0 Å². The molecule has 1 aromatic heterocycles. The van der Waals surface area contributed by atoms with Crippen LogP contribution in [-0.4, -0.2) is 44.6 Å². The van der Waals surface area contributed by atoms with Crippen LogP contribution >= 0.6 is 0 Å². The van der Waals surface area contributed by atoms with Crippen molar-refractivity contribution in [3.05, 3.63) is 36.2 Å². The van der Waals surface area contributed by atoms with Crippen LogP contribution in [0, 0.1) is 0 Å². The minimum atomic E-state index is -0.623. The zero-order valence-corrected chi connectivity index (χ0v) is 13.6. The molecule has 9 nitrogen and oxygen atoms in total. The molecule has 0 aliphatic carbocycles. The summed E-state index contributed by atoms with van der Waals surface area (Å²) in [6, 6.07) is 8.63. The van der Waals surface area contributed by atoms with E-state index in [2.05, 4.69) is 26.0 Å². The van der Waals surface area contributed by atoms with Gasteiger partial charge in [0.25, 0.3) is 0 Å². The number of nitrogens with one attached hydrogen (secondary N) is 2. The van der Waals surface area contributed by atoms with E-state index >= 15 is 0 Å². The Morgan fingerprint density at radius 1 is 1.29 bits per heavy atom. The van der Waals surface area contributed by atoms with Gasteiger partial charge >= 0.3 is 0 Å². The first-order valence-corrected chi connectivity index (χ1v) is 7.60. The Morgan fingerprint density at radius 2 is 2.04 bits per heavy atom. The maximum absolute atomic E-state index is 11.9. The molecule has 0 radical (unpaired) electrons. The summed E-state index contributed by atoms with van der Waals surface area (Å²) < 4.78 is 5.50. The first-order chi connectivity index (χ1) is 11.6. The first-order valence-electron chi connectivity index (χ1n) is 7.60. The van der Waals surface area contributed by atoms with Crippen molar-refractivity contribution >= 4 is 11.8 Å². The predicted octanol–water partition coefficient (Wildman–Crippen LogP) is -0.107. The maximum Gasteiger partial charge on any atom is 0.244 e. The summed E-state index contributed by atoms with van der Waals surface area (Å²) in [5, 5.41) is 16.9. The second-order valence-corrected chi connectivity index (χ2v) is 5.02. The lowest BCUT2D eigenvalue weighted by molar-refractivity contribution is -0.129. The second kappa shape index (κ2) is 8.61. The summed E-state index contributed by atoms with van der Waals surface area (Å²) in [4.78, 5) is 24.6. The van der Waals surface area contributed by atoms with Crippen LogP contribution in [0.15, 0.2) is 30.3 Å². The number of carbonyl (C=O) groups excluding carboxylic acids is 2. The Morgan fingerprint density at radius 3 is 2.75 bits per heavy atom. The van der Waals surface area contributed by atoms with Crippen LogP contribution in [0.1, 0.15) is 19.7 Å². The summed E-state index contributed by atoms with van der Waals surface area (Å²) in [7, 11) is 0. The number of hydrogen-bond acceptors (Lipinski definition) is 6. The molecule has 2 aromatic rings. The number of ether oxygens (including phenoxy) is 1. The molecule has 0 fully saturated rings. The zero-order valence-electron chi connectivity index (χ0n) is 13.6. The van der Waals surface area contributed by atoms with Gasteiger partial charge in [-0.3, -0.25) is 9.59 Å². The van der Waals surface area contributed by atoms with Gasteiger partial charge in [-0.15, -0.1) is 10.2 Å².